The van der Waals surface area contributed by atoms with Crippen LogP contribution in [0.25, 0.3) is 0 Å². The molecule has 1 aromatic carbocycles. The maximum atomic E-state index is 14.4. The van der Waals surface area contributed by atoms with E-state index in [4.69, 9.17) is 4.74 Å². The van der Waals surface area contributed by atoms with Crippen molar-refractivity contribution in [3.05, 3.63) is 35.1 Å². The summed E-state index contributed by atoms with van der Waals surface area (Å²) < 4.78 is 32.2. The lowest BCUT2D eigenvalue weighted by Gasteiger charge is -2.17. The summed E-state index contributed by atoms with van der Waals surface area (Å²) in [5.74, 6) is -2.87. The average molecular weight is 254 g/mol. The number of alkyl halides is 1. The zero-order valence-corrected chi connectivity index (χ0v) is 10.00. The van der Waals surface area contributed by atoms with Crippen molar-refractivity contribution in [2.24, 2.45) is 0 Å². The lowest BCUT2D eigenvalue weighted by molar-refractivity contribution is -0.157. The Morgan fingerprint density at radius 3 is 2.72 bits per heavy atom. The molecular weight excluding hydrogens is 242 g/mol. The lowest BCUT2D eigenvalue weighted by Crippen LogP contribution is -2.42. The molecule has 0 radical (unpaired) electrons. The number of ether oxygens (including phenoxy) is 1. The standard InChI is InChI=1S/C13H12F2O3/c1-7(2)18-12(17)13(15)6-8-3-4-9(14)5-10(8)11(13)16/h3-5,7H,6H2,1-2H3. The molecule has 0 heterocycles. The van der Waals surface area contributed by atoms with Crippen LogP contribution in [0, 0.1) is 5.82 Å². The number of Topliss-reactive ketones (excluding diaryl/α,β-unsaturated/α-hetero) is 1. The van der Waals surface area contributed by atoms with E-state index in [1.807, 2.05) is 0 Å². The van der Waals surface area contributed by atoms with Gasteiger partial charge in [-0.2, -0.15) is 0 Å². The van der Waals surface area contributed by atoms with Crippen molar-refractivity contribution in [3.63, 3.8) is 0 Å². The van der Waals surface area contributed by atoms with Crippen molar-refractivity contribution < 1.29 is 23.1 Å². The summed E-state index contributed by atoms with van der Waals surface area (Å²) in [5.41, 5.74) is -2.48. The second kappa shape index (κ2) is 4.15. The van der Waals surface area contributed by atoms with E-state index < -0.39 is 35.8 Å². The fourth-order valence-corrected chi connectivity index (χ4v) is 1.94. The first-order valence-electron chi connectivity index (χ1n) is 5.58. The van der Waals surface area contributed by atoms with E-state index in [9.17, 15) is 18.4 Å². The molecule has 0 amide bonds. The largest absolute Gasteiger partial charge is 0.460 e. The van der Waals surface area contributed by atoms with Crippen molar-refractivity contribution in [2.45, 2.75) is 32.0 Å². The van der Waals surface area contributed by atoms with E-state index in [0.29, 0.717) is 5.56 Å². The Morgan fingerprint density at radius 2 is 2.11 bits per heavy atom. The number of hydrogen-bond donors (Lipinski definition) is 0. The summed E-state index contributed by atoms with van der Waals surface area (Å²) in [6, 6.07) is 3.39. The maximum Gasteiger partial charge on any atom is 0.352 e. The highest BCUT2D eigenvalue weighted by Crippen LogP contribution is 2.34. The molecule has 0 saturated carbocycles. The Morgan fingerprint density at radius 1 is 1.44 bits per heavy atom. The van der Waals surface area contributed by atoms with Crippen molar-refractivity contribution >= 4 is 11.8 Å². The number of benzene rings is 1. The van der Waals surface area contributed by atoms with Gasteiger partial charge in [-0.15, -0.1) is 0 Å². The van der Waals surface area contributed by atoms with E-state index in [0.717, 1.165) is 12.1 Å². The molecule has 1 aliphatic rings. The van der Waals surface area contributed by atoms with Crippen molar-refractivity contribution in [1.29, 1.82) is 0 Å². The topological polar surface area (TPSA) is 43.4 Å². The number of fused-ring (bicyclic) bond motifs is 1. The number of ketones is 1. The molecule has 1 aromatic rings. The van der Waals surface area contributed by atoms with E-state index >= 15 is 0 Å². The molecule has 2 rings (SSSR count). The van der Waals surface area contributed by atoms with Gasteiger partial charge in [0.1, 0.15) is 5.82 Å². The highest BCUT2D eigenvalue weighted by atomic mass is 19.1. The van der Waals surface area contributed by atoms with Crippen LogP contribution in [0.2, 0.25) is 0 Å². The first kappa shape index (κ1) is 12.7. The molecule has 0 bridgehead atoms. The average Bonchev–Trinajstić information content (AvgIpc) is 2.53. The van der Waals surface area contributed by atoms with Gasteiger partial charge in [0.25, 0.3) is 5.67 Å². The van der Waals surface area contributed by atoms with Crippen molar-refractivity contribution in [1.82, 2.24) is 0 Å². The van der Waals surface area contributed by atoms with Gasteiger partial charge in [0.05, 0.1) is 6.10 Å². The smallest absolute Gasteiger partial charge is 0.352 e. The summed E-state index contributed by atoms with van der Waals surface area (Å²) in [7, 11) is 0. The molecule has 5 heteroatoms. The Kier molecular flexibility index (Phi) is 2.92. The monoisotopic (exact) mass is 254 g/mol. The summed E-state index contributed by atoms with van der Waals surface area (Å²) in [6.07, 6.45) is -0.911. The Bertz CT molecular complexity index is 525. The highest BCUT2D eigenvalue weighted by Gasteiger charge is 2.54. The summed E-state index contributed by atoms with van der Waals surface area (Å²) in [5, 5.41) is 0. The molecule has 96 valence electrons. The van der Waals surface area contributed by atoms with Crippen molar-refractivity contribution in [3.8, 4) is 0 Å². The van der Waals surface area contributed by atoms with Crippen LogP contribution in [-0.4, -0.2) is 23.5 Å². The third kappa shape index (κ3) is 1.89. The number of halogens is 2. The van der Waals surface area contributed by atoms with Crippen LogP contribution in [0.5, 0.6) is 0 Å². The molecular formula is C13H12F2O3. The normalized spacial score (nSPS) is 22.2. The zero-order chi connectivity index (χ0) is 13.5. The molecule has 0 spiro atoms. The second-order valence-electron chi connectivity index (χ2n) is 4.56. The molecule has 0 N–H and O–H groups in total. The molecule has 0 fully saturated rings. The molecule has 0 saturated heterocycles. The summed E-state index contributed by atoms with van der Waals surface area (Å²) >= 11 is 0. The van der Waals surface area contributed by atoms with E-state index in [1.165, 1.54) is 6.07 Å². The molecule has 0 aromatic heterocycles. The molecule has 1 aliphatic carbocycles. The van der Waals surface area contributed by atoms with Gasteiger partial charge in [-0.05, 0) is 31.5 Å². The predicted octanol–water partition coefficient (Wildman–Crippen LogP) is 2.22. The first-order chi connectivity index (χ1) is 8.34. The fourth-order valence-electron chi connectivity index (χ4n) is 1.94. The van der Waals surface area contributed by atoms with Crippen LogP contribution >= 0.6 is 0 Å². The number of rotatable bonds is 2. The van der Waals surface area contributed by atoms with Gasteiger partial charge in [0, 0.05) is 12.0 Å². The zero-order valence-electron chi connectivity index (χ0n) is 10.00. The highest BCUT2D eigenvalue weighted by molar-refractivity contribution is 6.18. The van der Waals surface area contributed by atoms with Gasteiger partial charge in [0.2, 0.25) is 5.78 Å². The minimum absolute atomic E-state index is 0.0850. The van der Waals surface area contributed by atoms with Crippen LogP contribution in [-0.2, 0) is 16.0 Å². The molecule has 18 heavy (non-hydrogen) atoms. The minimum atomic E-state index is -2.72. The molecule has 3 nitrogen and oxygen atoms in total. The van der Waals surface area contributed by atoms with E-state index in [1.54, 1.807) is 13.8 Å². The first-order valence-corrected chi connectivity index (χ1v) is 5.58. The third-order valence-corrected chi connectivity index (χ3v) is 2.78. The van der Waals surface area contributed by atoms with Crippen LogP contribution in [0.1, 0.15) is 29.8 Å². The number of esters is 1. The SMILES string of the molecule is CC(C)OC(=O)C1(F)Cc2ccc(F)cc2C1=O. The van der Waals surface area contributed by atoms with Gasteiger partial charge in [-0.25, -0.2) is 13.6 Å². The van der Waals surface area contributed by atoms with E-state index in [-0.39, 0.29) is 5.56 Å². The minimum Gasteiger partial charge on any atom is -0.460 e. The van der Waals surface area contributed by atoms with Crippen molar-refractivity contribution in [2.75, 3.05) is 0 Å². The summed E-state index contributed by atoms with van der Waals surface area (Å²) in [6.45, 7) is 3.13. The summed E-state index contributed by atoms with van der Waals surface area (Å²) in [4.78, 5) is 23.5. The predicted molar refractivity (Wildman–Crippen MR) is 59.5 cm³/mol. The molecule has 1 unspecified atom stereocenters. The van der Waals surface area contributed by atoms with Gasteiger partial charge in [-0.1, -0.05) is 6.07 Å². The fraction of sp³-hybridized carbons (Fsp3) is 0.385. The number of hydrogen-bond acceptors (Lipinski definition) is 3. The lowest BCUT2D eigenvalue weighted by atomic mass is 10.0. The second-order valence-corrected chi connectivity index (χ2v) is 4.56. The van der Waals surface area contributed by atoms with Crippen LogP contribution in [0.15, 0.2) is 18.2 Å². The Labute approximate surface area is 103 Å². The van der Waals surface area contributed by atoms with E-state index in [2.05, 4.69) is 0 Å². The van der Waals surface area contributed by atoms with Gasteiger partial charge in [0.15, 0.2) is 0 Å². The van der Waals surface area contributed by atoms with Gasteiger partial charge in [-0.3, -0.25) is 4.79 Å². The third-order valence-electron chi connectivity index (χ3n) is 2.78. The molecule has 0 aliphatic heterocycles. The molecule has 1 atom stereocenters. The van der Waals surface area contributed by atoms with Crippen LogP contribution < -0.4 is 0 Å². The van der Waals surface area contributed by atoms with Gasteiger partial charge >= 0.3 is 5.97 Å². The number of carbonyl (C=O) groups excluding carboxylic acids is 2. The number of carbonyl (C=O) groups is 2. The van der Waals surface area contributed by atoms with Gasteiger partial charge < -0.3 is 4.74 Å². The maximum absolute atomic E-state index is 14.4. The quantitative estimate of drug-likeness (QED) is 0.600. The van der Waals surface area contributed by atoms with Crippen LogP contribution in [0.3, 0.4) is 0 Å². The Balaban J connectivity index is 2.35. The van der Waals surface area contributed by atoms with Crippen LogP contribution in [0.4, 0.5) is 8.78 Å². The Hall–Kier alpha value is -1.78.